The van der Waals surface area contributed by atoms with Gasteiger partial charge in [-0.25, -0.2) is 0 Å². The number of nitrogens with zero attached hydrogens (tertiary/aromatic N) is 1. The molecule has 0 bridgehead atoms. The molecule has 1 fully saturated rings. The summed E-state index contributed by atoms with van der Waals surface area (Å²) in [5, 5.41) is 3.23. The zero-order chi connectivity index (χ0) is 20.2. The second-order valence-corrected chi connectivity index (χ2v) is 8.03. The van der Waals surface area contributed by atoms with E-state index in [9.17, 15) is 9.59 Å². The topological polar surface area (TPSA) is 58.6 Å². The lowest BCUT2D eigenvalue weighted by atomic mass is 9.94. The van der Waals surface area contributed by atoms with Gasteiger partial charge in [0.05, 0.1) is 11.6 Å². The number of benzene rings is 2. The summed E-state index contributed by atoms with van der Waals surface area (Å²) < 4.78 is 5.88. The lowest BCUT2D eigenvalue weighted by Crippen LogP contribution is -2.50. The van der Waals surface area contributed by atoms with Crippen LogP contribution in [0.4, 0.5) is 0 Å². The van der Waals surface area contributed by atoms with Gasteiger partial charge in [0.2, 0.25) is 5.91 Å². The Hall–Kier alpha value is -2.82. The summed E-state index contributed by atoms with van der Waals surface area (Å²) in [5.41, 5.74) is 1.32. The molecule has 2 aromatic rings. The van der Waals surface area contributed by atoms with Crippen molar-refractivity contribution in [1.82, 2.24) is 10.2 Å². The molecule has 1 heterocycles. The number of fused-ring (bicyclic) bond motifs is 1. The number of ether oxygens (including phenoxy) is 1. The van der Waals surface area contributed by atoms with Crippen LogP contribution in [0.1, 0.15) is 61.0 Å². The van der Waals surface area contributed by atoms with Crippen molar-refractivity contribution in [1.29, 1.82) is 0 Å². The fraction of sp³-hybridized carbons (Fsp3) is 0.417. The van der Waals surface area contributed by atoms with Crippen LogP contribution in [-0.4, -0.2) is 35.4 Å². The molecule has 1 aliphatic carbocycles. The monoisotopic (exact) mass is 392 g/mol. The van der Waals surface area contributed by atoms with Crippen LogP contribution < -0.4 is 10.1 Å². The normalized spacial score (nSPS) is 20.9. The smallest absolute Gasteiger partial charge is 0.258 e. The van der Waals surface area contributed by atoms with Crippen molar-refractivity contribution in [3.05, 3.63) is 65.7 Å². The fourth-order valence-electron chi connectivity index (χ4n) is 4.37. The van der Waals surface area contributed by atoms with Crippen LogP contribution in [-0.2, 0) is 4.79 Å². The molecule has 4 rings (SSSR count). The van der Waals surface area contributed by atoms with Gasteiger partial charge in [0.1, 0.15) is 18.4 Å². The van der Waals surface area contributed by atoms with Gasteiger partial charge in [-0.05, 0) is 37.5 Å². The van der Waals surface area contributed by atoms with Crippen LogP contribution in [0.3, 0.4) is 0 Å². The molecule has 0 radical (unpaired) electrons. The highest BCUT2D eigenvalue weighted by atomic mass is 16.5. The third-order valence-electron chi connectivity index (χ3n) is 5.90. The van der Waals surface area contributed by atoms with Gasteiger partial charge < -0.3 is 15.0 Å². The van der Waals surface area contributed by atoms with Crippen molar-refractivity contribution >= 4 is 11.8 Å². The van der Waals surface area contributed by atoms with Gasteiger partial charge in [0, 0.05) is 6.04 Å². The van der Waals surface area contributed by atoms with E-state index in [0.717, 1.165) is 31.2 Å². The predicted molar refractivity (Wildman–Crippen MR) is 112 cm³/mol. The number of nitrogens with one attached hydrogen (secondary N) is 1. The minimum atomic E-state index is -0.685. The van der Waals surface area contributed by atoms with Gasteiger partial charge >= 0.3 is 0 Å². The Balaban J connectivity index is 1.69. The number of carbonyl (C=O) groups excluding carboxylic acids is 2. The molecule has 5 heteroatoms. The molecule has 5 nitrogen and oxygen atoms in total. The lowest BCUT2D eigenvalue weighted by Gasteiger charge is -2.35. The van der Waals surface area contributed by atoms with E-state index in [-0.39, 0.29) is 23.9 Å². The molecule has 1 N–H and O–H groups in total. The maximum Gasteiger partial charge on any atom is 0.258 e. The highest BCUT2D eigenvalue weighted by Gasteiger charge is 2.38. The van der Waals surface area contributed by atoms with Crippen molar-refractivity contribution in [2.24, 2.45) is 0 Å². The van der Waals surface area contributed by atoms with Crippen molar-refractivity contribution in [2.75, 3.05) is 6.61 Å². The van der Waals surface area contributed by atoms with Crippen LogP contribution in [0.15, 0.2) is 54.6 Å². The lowest BCUT2D eigenvalue weighted by molar-refractivity contribution is -0.127. The van der Waals surface area contributed by atoms with Crippen molar-refractivity contribution in [3.63, 3.8) is 0 Å². The van der Waals surface area contributed by atoms with E-state index in [4.69, 9.17) is 4.74 Å². The summed E-state index contributed by atoms with van der Waals surface area (Å²) in [6, 6.07) is 16.1. The van der Waals surface area contributed by atoms with Crippen LogP contribution in [0, 0.1) is 0 Å². The van der Waals surface area contributed by atoms with E-state index in [1.807, 2.05) is 55.5 Å². The summed E-state index contributed by atoms with van der Waals surface area (Å²) in [7, 11) is 0. The molecule has 2 aliphatic rings. The van der Waals surface area contributed by atoms with E-state index >= 15 is 0 Å². The number of amides is 2. The first-order valence-electron chi connectivity index (χ1n) is 10.5. The van der Waals surface area contributed by atoms with E-state index in [0.29, 0.717) is 17.9 Å². The number of rotatable bonds is 4. The minimum Gasteiger partial charge on any atom is -0.491 e. The van der Waals surface area contributed by atoms with E-state index in [2.05, 4.69) is 5.32 Å². The maximum atomic E-state index is 13.5. The summed E-state index contributed by atoms with van der Waals surface area (Å²) in [6.45, 7) is 2.29. The molecule has 2 amide bonds. The first-order valence-corrected chi connectivity index (χ1v) is 10.5. The highest BCUT2D eigenvalue weighted by molar-refractivity contribution is 6.00. The zero-order valence-electron chi connectivity index (χ0n) is 16.8. The molecule has 1 saturated carbocycles. The van der Waals surface area contributed by atoms with Crippen molar-refractivity contribution < 1.29 is 14.3 Å². The Morgan fingerprint density at radius 1 is 1.03 bits per heavy atom. The van der Waals surface area contributed by atoms with Crippen LogP contribution >= 0.6 is 0 Å². The molecule has 2 aromatic carbocycles. The summed E-state index contributed by atoms with van der Waals surface area (Å²) >= 11 is 0. The van der Waals surface area contributed by atoms with E-state index in [1.54, 1.807) is 11.0 Å². The Morgan fingerprint density at radius 3 is 2.48 bits per heavy atom. The fourth-order valence-corrected chi connectivity index (χ4v) is 4.37. The average molecular weight is 392 g/mol. The van der Waals surface area contributed by atoms with Gasteiger partial charge in [-0.15, -0.1) is 0 Å². The zero-order valence-corrected chi connectivity index (χ0v) is 16.8. The van der Waals surface area contributed by atoms with Gasteiger partial charge in [-0.1, -0.05) is 61.7 Å². The third kappa shape index (κ3) is 4.14. The Morgan fingerprint density at radius 2 is 1.72 bits per heavy atom. The standard InChI is InChI=1S/C24H28N2O3/c1-17-16-29-21-15-9-8-14-20(21)24(28)26(17)22(18-10-4-2-5-11-18)23(27)25-19-12-6-3-7-13-19/h2,4-5,8-11,14-15,17,19,22H,3,6-7,12-13,16H2,1H3,(H,25,27)/t17-,22+/m0/s1. The van der Waals surface area contributed by atoms with E-state index in [1.165, 1.54) is 6.42 Å². The molecule has 0 spiro atoms. The van der Waals surface area contributed by atoms with Gasteiger partial charge in [-0.3, -0.25) is 9.59 Å². The van der Waals surface area contributed by atoms with Gasteiger partial charge in [-0.2, -0.15) is 0 Å². The van der Waals surface area contributed by atoms with Crippen molar-refractivity contribution in [3.8, 4) is 5.75 Å². The number of carbonyl (C=O) groups is 2. The van der Waals surface area contributed by atoms with E-state index < -0.39 is 6.04 Å². The SMILES string of the molecule is C[C@H]1COc2ccccc2C(=O)N1[C@@H](C(=O)NC1CCCCC1)c1ccccc1. The quantitative estimate of drug-likeness (QED) is 0.852. The number of hydrogen-bond acceptors (Lipinski definition) is 3. The molecule has 0 saturated heterocycles. The molecule has 0 aromatic heterocycles. The molecule has 29 heavy (non-hydrogen) atoms. The summed E-state index contributed by atoms with van der Waals surface area (Å²) in [6.07, 6.45) is 5.51. The van der Waals surface area contributed by atoms with Crippen LogP contribution in [0.5, 0.6) is 5.75 Å². The van der Waals surface area contributed by atoms with Crippen LogP contribution in [0.2, 0.25) is 0 Å². The molecular formula is C24H28N2O3. The predicted octanol–water partition coefficient (Wildman–Crippen LogP) is 4.10. The Labute approximate surface area is 172 Å². The molecular weight excluding hydrogens is 364 g/mol. The maximum absolute atomic E-state index is 13.5. The number of hydrogen-bond donors (Lipinski definition) is 1. The number of para-hydroxylation sites is 1. The van der Waals surface area contributed by atoms with Gasteiger partial charge in [0.15, 0.2) is 0 Å². The molecule has 2 atom stereocenters. The largest absolute Gasteiger partial charge is 0.491 e. The highest BCUT2D eigenvalue weighted by Crippen LogP contribution is 2.32. The third-order valence-corrected chi connectivity index (χ3v) is 5.90. The minimum absolute atomic E-state index is 0.109. The Bertz CT molecular complexity index is 861. The molecule has 0 unspecified atom stereocenters. The first-order chi connectivity index (χ1) is 14.1. The van der Waals surface area contributed by atoms with Crippen LogP contribution in [0.25, 0.3) is 0 Å². The summed E-state index contributed by atoms with van der Waals surface area (Å²) in [5.74, 6) is 0.298. The molecule has 1 aliphatic heterocycles. The molecule has 152 valence electrons. The van der Waals surface area contributed by atoms with Gasteiger partial charge in [0.25, 0.3) is 5.91 Å². The Kier molecular flexibility index (Phi) is 5.84. The van der Waals surface area contributed by atoms with Crippen molar-refractivity contribution in [2.45, 2.75) is 57.2 Å². The average Bonchev–Trinajstić information content (AvgIpc) is 2.88. The first kappa shape index (κ1) is 19.5. The summed E-state index contributed by atoms with van der Waals surface area (Å²) in [4.78, 5) is 28.7. The second kappa shape index (κ2) is 8.68. The second-order valence-electron chi connectivity index (χ2n) is 8.03.